The van der Waals surface area contributed by atoms with E-state index in [0.717, 1.165) is 24.9 Å². The van der Waals surface area contributed by atoms with E-state index in [1.54, 1.807) is 25.3 Å². The number of fused-ring (bicyclic) bond motifs is 1. The maximum absolute atomic E-state index is 12.1. The number of carbonyl (C=O) groups excluding carboxylic acids is 1. The van der Waals surface area contributed by atoms with Crippen LogP contribution in [0.15, 0.2) is 35.1 Å². The zero-order chi connectivity index (χ0) is 16.7. The molecule has 0 atom stereocenters. The van der Waals surface area contributed by atoms with Crippen molar-refractivity contribution in [2.75, 3.05) is 40.4 Å². The first-order valence-electron chi connectivity index (χ1n) is 7.69. The smallest absolute Gasteiger partial charge is 0.267 e. The zero-order valence-corrected chi connectivity index (χ0v) is 13.6. The number of ether oxygens (including phenoxy) is 1. The van der Waals surface area contributed by atoms with Gasteiger partial charge in [0.1, 0.15) is 5.69 Å². The molecule has 2 aromatic rings. The second kappa shape index (κ2) is 8.45. The van der Waals surface area contributed by atoms with Gasteiger partial charge in [-0.3, -0.25) is 9.59 Å². The van der Waals surface area contributed by atoms with Gasteiger partial charge in [-0.05, 0) is 37.5 Å². The van der Waals surface area contributed by atoms with Crippen LogP contribution in [0.1, 0.15) is 16.9 Å². The highest BCUT2D eigenvalue weighted by Crippen LogP contribution is 2.09. The summed E-state index contributed by atoms with van der Waals surface area (Å²) in [5.74, 6) is -0.257. The third-order valence-electron chi connectivity index (χ3n) is 3.68. The number of hydrogen-bond donors (Lipinski definition) is 2. The van der Waals surface area contributed by atoms with Crippen LogP contribution in [0.5, 0.6) is 0 Å². The van der Waals surface area contributed by atoms with Gasteiger partial charge in [0.2, 0.25) is 0 Å². The molecule has 23 heavy (non-hydrogen) atoms. The maximum atomic E-state index is 12.1. The molecule has 0 radical (unpaired) electrons. The molecule has 0 aliphatic heterocycles. The van der Waals surface area contributed by atoms with Crippen molar-refractivity contribution >= 4 is 16.7 Å². The topological polar surface area (TPSA) is 74.4 Å². The Morgan fingerprint density at radius 2 is 2.09 bits per heavy atom. The van der Waals surface area contributed by atoms with Crippen molar-refractivity contribution < 1.29 is 9.53 Å². The standard InChI is InChI=1S/C17H23N3O3/c1-20(10-11-23-2)9-5-8-18-17(22)15-12-13-6-3-4-7-14(13)16(21)19-15/h3-4,6-7,12H,5,8-11H2,1-2H3,(H,18,22)(H,19,21). The van der Waals surface area contributed by atoms with E-state index >= 15 is 0 Å². The Morgan fingerprint density at radius 1 is 1.30 bits per heavy atom. The Bertz CT molecular complexity index is 712. The quantitative estimate of drug-likeness (QED) is 0.718. The molecule has 0 unspecified atom stereocenters. The van der Waals surface area contributed by atoms with E-state index in [4.69, 9.17) is 4.74 Å². The molecule has 124 valence electrons. The van der Waals surface area contributed by atoms with Crippen LogP contribution in [0.25, 0.3) is 10.8 Å². The van der Waals surface area contributed by atoms with Gasteiger partial charge in [0.15, 0.2) is 0 Å². The number of methoxy groups -OCH3 is 1. The third kappa shape index (κ3) is 4.91. The predicted octanol–water partition coefficient (Wildman–Crippen LogP) is 1.23. The van der Waals surface area contributed by atoms with E-state index < -0.39 is 0 Å². The molecule has 1 aromatic carbocycles. The van der Waals surface area contributed by atoms with Crippen molar-refractivity contribution in [3.63, 3.8) is 0 Å². The molecule has 6 heteroatoms. The van der Waals surface area contributed by atoms with Crippen LogP contribution in [0, 0.1) is 0 Å². The van der Waals surface area contributed by atoms with E-state index in [1.165, 1.54) is 0 Å². The van der Waals surface area contributed by atoms with Crippen LogP contribution in [-0.4, -0.2) is 56.2 Å². The number of nitrogens with one attached hydrogen (secondary N) is 2. The molecule has 2 rings (SSSR count). The highest BCUT2D eigenvalue weighted by atomic mass is 16.5. The highest BCUT2D eigenvalue weighted by Gasteiger charge is 2.09. The number of carbonyl (C=O) groups is 1. The SMILES string of the molecule is COCCN(C)CCCNC(=O)c1cc2ccccc2c(=O)[nH]1. The summed E-state index contributed by atoms with van der Waals surface area (Å²) in [5, 5.41) is 4.19. The van der Waals surface area contributed by atoms with Gasteiger partial charge in [-0.25, -0.2) is 0 Å². The van der Waals surface area contributed by atoms with Crippen LogP contribution in [0.4, 0.5) is 0 Å². The van der Waals surface area contributed by atoms with E-state index in [1.807, 2.05) is 19.2 Å². The fraction of sp³-hybridized carbons (Fsp3) is 0.412. The summed E-state index contributed by atoms with van der Waals surface area (Å²) in [6.07, 6.45) is 0.837. The zero-order valence-electron chi connectivity index (χ0n) is 13.6. The number of pyridine rings is 1. The predicted molar refractivity (Wildman–Crippen MR) is 90.9 cm³/mol. The van der Waals surface area contributed by atoms with Crippen molar-refractivity contribution in [1.29, 1.82) is 0 Å². The number of benzene rings is 1. The van der Waals surface area contributed by atoms with E-state index in [2.05, 4.69) is 15.2 Å². The number of H-pyrrole nitrogens is 1. The fourth-order valence-electron chi connectivity index (χ4n) is 2.34. The molecule has 1 heterocycles. The Morgan fingerprint density at radius 3 is 2.87 bits per heavy atom. The van der Waals surface area contributed by atoms with Gasteiger partial charge in [-0.1, -0.05) is 18.2 Å². The number of amides is 1. The molecule has 1 amide bonds. The van der Waals surface area contributed by atoms with Gasteiger partial charge < -0.3 is 19.9 Å². The van der Waals surface area contributed by atoms with Crippen LogP contribution < -0.4 is 10.9 Å². The number of nitrogens with zero attached hydrogens (tertiary/aromatic N) is 1. The van der Waals surface area contributed by atoms with Crippen LogP contribution in [-0.2, 0) is 4.74 Å². The maximum Gasteiger partial charge on any atom is 0.267 e. The average Bonchev–Trinajstić information content (AvgIpc) is 2.56. The fourth-order valence-corrected chi connectivity index (χ4v) is 2.34. The van der Waals surface area contributed by atoms with E-state index in [0.29, 0.717) is 24.2 Å². The molecule has 6 nitrogen and oxygen atoms in total. The molecule has 0 saturated carbocycles. The molecule has 0 aliphatic rings. The minimum atomic E-state index is -0.257. The first kappa shape index (κ1) is 17.2. The lowest BCUT2D eigenvalue weighted by molar-refractivity contribution is 0.0946. The number of rotatable bonds is 8. The van der Waals surface area contributed by atoms with Crippen molar-refractivity contribution in [2.45, 2.75) is 6.42 Å². The van der Waals surface area contributed by atoms with Gasteiger partial charge in [0.25, 0.3) is 11.5 Å². The number of hydrogen-bond acceptors (Lipinski definition) is 4. The lowest BCUT2D eigenvalue weighted by Crippen LogP contribution is -2.30. The van der Waals surface area contributed by atoms with Crippen molar-refractivity contribution in [1.82, 2.24) is 15.2 Å². The summed E-state index contributed by atoms with van der Waals surface area (Å²) < 4.78 is 5.02. The number of likely N-dealkylation sites (N-methyl/N-ethyl adjacent to an activating group) is 1. The van der Waals surface area contributed by atoms with Crippen molar-refractivity contribution in [2.24, 2.45) is 0 Å². The minimum Gasteiger partial charge on any atom is -0.383 e. The van der Waals surface area contributed by atoms with Gasteiger partial charge in [-0.2, -0.15) is 0 Å². The Labute approximate surface area is 135 Å². The Kier molecular flexibility index (Phi) is 6.31. The highest BCUT2D eigenvalue weighted by molar-refractivity contribution is 5.96. The summed E-state index contributed by atoms with van der Waals surface area (Å²) in [7, 11) is 3.69. The molecular formula is C17H23N3O3. The Balaban J connectivity index is 1.88. The van der Waals surface area contributed by atoms with E-state index in [9.17, 15) is 9.59 Å². The Hall–Kier alpha value is -2.18. The largest absolute Gasteiger partial charge is 0.383 e. The van der Waals surface area contributed by atoms with Gasteiger partial charge >= 0.3 is 0 Å². The summed E-state index contributed by atoms with van der Waals surface area (Å²) in [4.78, 5) is 28.9. The lowest BCUT2D eigenvalue weighted by Gasteiger charge is -2.15. The third-order valence-corrected chi connectivity index (χ3v) is 3.68. The summed E-state index contributed by atoms with van der Waals surface area (Å²) >= 11 is 0. The molecule has 0 spiro atoms. The first-order valence-corrected chi connectivity index (χ1v) is 7.69. The molecule has 2 N–H and O–H groups in total. The van der Waals surface area contributed by atoms with Gasteiger partial charge in [0.05, 0.1) is 6.61 Å². The molecule has 0 bridgehead atoms. The first-order chi connectivity index (χ1) is 11.1. The minimum absolute atomic E-state index is 0.243. The van der Waals surface area contributed by atoms with Crippen molar-refractivity contribution in [3.05, 3.63) is 46.4 Å². The summed E-state index contributed by atoms with van der Waals surface area (Å²) in [6.45, 7) is 2.99. The lowest BCUT2D eigenvalue weighted by atomic mass is 10.1. The summed E-state index contributed by atoms with van der Waals surface area (Å²) in [6, 6.07) is 8.92. The van der Waals surface area contributed by atoms with Crippen LogP contribution in [0.3, 0.4) is 0 Å². The number of aromatic amines is 1. The second-order valence-corrected chi connectivity index (χ2v) is 5.50. The molecule has 0 aliphatic carbocycles. The van der Waals surface area contributed by atoms with Crippen LogP contribution in [0.2, 0.25) is 0 Å². The summed E-state index contributed by atoms with van der Waals surface area (Å²) in [5.41, 5.74) is 0.0500. The van der Waals surface area contributed by atoms with Gasteiger partial charge in [-0.15, -0.1) is 0 Å². The number of aromatic nitrogens is 1. The molecule has 0 fully saturated rings. The van der Waals surface area contributed by atoms with E-state index in [-0.39, 0.29) is 11.5 Å². The van der Waals surface area contributed by atoms with Gasteiger partial charge in [0, 0.05) is 25.6 Å². The van der Waals surface area contributed by atoms with Crippen LogP contribution >= 0.6 is 0 Å². The normalized spacial score (nSPS) is 11.1. The molecule has 0 saturated heterocycles. The van der Waals surface area contributed by atoms with Crippen molar-refractivity contribution in [3.8, 4) is 0 Å². The average molecular weight is 317 g/mol. The molecule has 1 aromatic heterocycles. The molecular weight excluding hydrogens is 294 g/mol. The second-order valence-electron chi connectivity index (χ2n) is 5.50. The monoisotopic (exact) mass is 317 g/mol.